The number of hydrogen-bond donors (Lipinski definition) is 0. The van der Waals surface area contributed by atoms with Crippen LogP contribution in [0.1, 0.15) is 21.9 Å². The van der Waals surface area contributed by atoms with Gasteiger partial charge < -0.3 is 18.8 Å². The topological polar surface area (TPSA) is 59.3 Å². The number of rotatable bonds is 3. The predicted octanol–water partition coefficient (Wildman–Crippen LogP) is 2.33. The van der Waals surface area contributed by atoms with Gasteiger partial charge in [-0.2, -0.15) is 0 Å². The second kappa shape index (κ2) is 6.83. The third-order valence-corrected chi connectivity index (χ3v) is 5.43. The Balaban J connectivity index is 1.25. The van der Waals surface area contributed by atoms with Crippen LogP contribution in [0.15, 0.2) is 42.6 Å². The van der Waals surface area contributed by atoms with Gasteiger partial charge in [0, 0.05) is 38.9 Å². The van der Waals surface area contributed by atoms with Crippen molar-refractivity contribution in [1.29, 1.82) is 0 Å². The lowest BCUT2D eigenvalue weighted by atomic mass is 10.1. The first-order valence-corrected chi connectivity index (χ1v) is 9.53. The van der Waals surface area contributed by atoms with Crippen molar-refractivity contribution in [3.63, 3.8) is 0 Å². The Morgan fingerprint density at radius 2 is 1.89 bits per heavy atom. The number of amides is 1. The highest BCUT2D eigenvalue weighted by atomic mass is 16.7. The van der Waals surface area contributed by atoms with Crippen LogP contribution in [-0.2, 0) is 6.54 Å². The minimum atomic E-state index is 0.0135. The molecule has 144 valence electrons. The zero-order valence-corrected chi connectivity index (χ0v) is 15.8. The van der Waals surface area contributed by atoms with E-state index in [9.17, 15) is 4.79 Å². The van der Waals surface area contributed by atoms with Gasteiger partial charge in [-0.3, -0.25) is 9.69 Å². The summed E-state index contributed by atoms with van der Waals surface area (Å²) in [5.74, 6) is 2.47. The minimum absolute atomic E-state index is 0.0135. The Morgan fingerprint density at radius 1 is 1.07 bits per heavy atom. The van der Waals surface area contributed by atoms with Crippen molar-refractivity contribution in [2.45, 2.75) is 13.5 Å². The third kappa shape index (κ3) is 2.97. The number of nitrogens with zero attached hydrogens (tertiary/aromatic N) is 4. The molecule has 0 N–H and O–H groups in total. The number of imidazole rings is 1. The summed E-state index contributed by atoms with van der Waals surface area (Å²) < 4.78 is 12.8. The van der Waals surface area contributed by atoms with Gasteiger partial charge >= 0.3 is 0 Å². The highest BCUT2D eigenvalue weighted by Gasteiger charge is 2.26. The van der Waals surface area contributed by atoms with Crippen molar-refractivity contribution in [3.8, 4) is 11.5 Å². The SMILES string of the molecule is Cc1nc(C(=O)N2CCN(Cc3ccc4c(c3)OCO4)CC2)c2ccccn12. The molecule has 1 saturated heterocycles. The van der Waals surface area contributed by atoms with Crippen LogP contribution in [-0.4, -0.2) is 58.1 Å². The molecule has 1 aromatic carbocycles. The normalized spacial score (nSPS) is 16.7. The largest absolute Gasteiger partial charge is 0.454 e. The molecule has 0 aliphatic carbocycles. The summed E-state index contributed by atoms with van der Waals surface area (Å²) in [6, 6.07) is 11.9. The average Bonchev–Trinajstić information content (AvgIpc) is 3.32. The zero-order chi connectivity index (χ0) is 19.1. The second-order valence-electron chi connectivity index (χ2n) is 7.22. The molecule has 2 aliphatic rings. The molecule has 1 amide bonds. The summed E-state index contributed by atoms with van der Waals surface area (Å²) in [6.07, 6.45) is 1.94. The van der Waals surface area contributed by atoms with Gasteiger partial charge in [-0.15, -0.1) is 0 Å². The molecule has 7 nitrogen and oxygen atoms in total. The molecule has 0 saturated carbocycles. The number of carbonyl (C=O) groups is 1. The molecule has 0 bridgehead atoms. The number of hydrogen-bond acceptors (Lipinski definition) is 5. The van der Waals surface area contributed by atoms with Crippen LogP contribution in [0.3, 0.4) is 0 Å². The Labute approximate surface area is 163 Å². The van der Waals surface area contributed by atoms with Crippen LogP contribution in [0.2, 0.25) is 0 Å². The summed E-state index contributed by atoms with van der Waals surface area (Å²) in [5.41, 5.74) is 2.61. The second-order valence-corrected chi connectivity index (χ2v) is 7.22. The summed E-state index contributed by atoms with van der Waals surface area (Å²) in [6.45, 7) is 6.14. The van der Waals surface area contributed by atoms with E-state index in [1.54, 1.807) is 0 Å². The van der Waals surface area contributed by atoms with Crippen molar-refractivity contribution in [3.05, 3.63) is 59.7 Å². The molecule has 5 rings (SSSR count). The van der Waals surface area contributed by atoms with Gasteiger partial charge in [0.05, 0.1) is 5.52 Å². The number of fused-ring (bicyclic) bond motifs is 2. The molecular weight excluding hydrogens is 356 g/mol. The maximum Gasteiger partial charge on any atom is 0.274 e. The maximum absolute atomic E-state index is 13.0. The van der Waals surface area contributed by atoms with E-state index in [1.165, 1.54) is 5.56 Å². The monoisotopic (exact) mass is 378 g/mol. The lowest BCUT2D eigenvalue weighted by molar-refractivity contribution is 0.0625. The van der Waals surface area contributed by atoms with Gasteiger partial charge in [-0.1, -0.05) is 12.1 Å². The Bertz CT molecular complexity index is 1040. The molecule has 2 aliphatic heterocycles. The Kier molecular flexibility index (Phi) is 4.16. The number of pyridine rings is 1. The average molecular weight is 378 g/mol. The van der Waals surface area contributed by atoms with Crippen molar-refractivity contribution in [2.24, 2.45) is 0 Å². The molecule has 0 radical (unpaired) electrons. The molecule has 0 spiro atoms. The van der Waals surface area contributed by atoms with E-state index in [2.05, 4.69) is 16.0 Å². The Morgan fingerprint density at radius 3 is 2.75 bits per heavy atom. The number of carbonyl (C=O) groups excluding carboxylic acids is 1. The lowest BCUT2D eigenvalue weighted by Gasteiger charge is -2.34. The number of benzene rings is 1. The molecule has 2 aromatic heterocycles. The van der Waals surface area contributed by atoms with Gasteiger partial charge in [0.2, 0.25) is 6.79 Å². The molecule has 4 heterocycles. The van der Waals surface area contributed by atoms with Crippen LogP contribution in [0, 0.1) is 6.92 Å². The van der Waals surface area contributed by atoms with Gasteiger partial charge in [-0.25, -0.2) is 4.98 Å². The minimum Gasteiger partial charge on any atom is -0.454 e. The van der Waals surface area contributed by atoms with Crippen LogP contribution >= 0.6 is 0 Å². The standard InChI is InChI=1S/C21H22N4O3/c1-15-22-20(17-4-2-3-7-25(15)17)21(26)24-10-8-23(9-11-24)13-16-5-6-18-19(12-16)28-14-27-18/h2-7,12H,8-11,13-14H2,1H3. The van der Waals surface area contributed by atoms with E-state index in [4.69, 9.17) is 9.47 Å². The summed E-state index contributed by atoms with van der Waals surface area (Å²) in [5, 5.41) is 0. The van der Waals surface area contributed by atoms with Crippen molar-refractivity contribution in [2.75, 3.05) is 33.0 Å². The smallest absolute Gasteiger partial charge is 0.274 e. The maximum atomic E-state index is 13.0. The number of aromatic nitrogens is 2. The first-order chi connectivity index (χ1) is 13.7. The first kappa shape index (κ1) is 17.1. The van der Waals surface area contributed by atoms with Crippen LogP contribution < -0.4 is 9.47 Å². The van der Waals surface area contributed by atoms with Crippen LogP contribution in [0.5, 0.6) is 11.5 Å². The molecule has 7 heteroatoms. The predicted molar refractivity (Wildman–Crippen MR) is 104 cm³/mol. The number of piperazine rings is 1. The lowest BCUT2D eigenvalue weighted by Crippen LogP contribution is -2.48. The van der Waals surface area contributed by atoms with Gasteiger partial charge in [0.25, 0.3) is 5.91 Å². The Hall–Kier alpha value is -3.06. The van der Waals surface area contributed by atoms with Crippen molar-refractivity contribution >= 4 is 11.4 Å². The van der Waals surface area contributed by atoms with E-state index in [-0.39, 0.29) is 5.91 Å². The molecule has 1 fully saturated rings. The van der Waals surface area contributed by atoms with Gasteiger partial charge in [0.15, 0.2) is 17.2 Å². The van der Waals surface area contributed by atoms with E-state index >= 15 is 0 Å². The molecule has 28 heavy (non-hydrogen) atoms. The summed E-state index contributed by atoms with van der Waals surface area (Å²) in [4.78, 5) is 21.8. The fourth-order valence-electron chi connectivity index (χ4n) is 3.90. The highest BCUT2D eigenvalue weighted by Crippen LogP contribution is 2.32. The first-order valence-electron chi connectivity index (χ1n) is 9.53. The third-order valence-electron chi connectivity index (χ3n) is 5.43. The van der Waals surface area contributed by atoms with Crippen molar-refractivity contribution in [1.82, 2.24) is 19.2 Å². The van der Waals surface area contributed by atoms with Crippen LogP contribution in [0.4, 0.5) is 0 Å². The van der Waals surface area contributed by atoms with Crippen molar-refractivity contribution < 1.29 is 14.3 Å². The molecule has 0 unspecified atom stereocenters. The molecule has 3 aromatic rings. The number of ether oxygens (including phenoxy) is 2. The van der Waals surface area contributed by atoms with E-state index < -0.39 is 0 Å². The van der Waals surface area contributed by atoms with Crippen LogP contribution in [0.25, 0.3) is 5.52 Å². The zero-order valence-electron chi connectivity index (χ0n) is 15.8. The molecule has 0 atom stereocenters. The number of aryl methyl sites for hydroxylation is 1. The summed E-state index contributed by atoms with van der Waals surface area (Å²) in [7, 11) is 0. The highest BCUT2D eigenvalue weighted by molar-refractivity contribution is 5.99. The fourth-order valence-corrected chi connectivity index (χ4v) is 3.90. The van der Waals surface area contributed by atoms with Gasteiger partial charge in [-0.05, 0) is 36.8 Å². The van der Waals surface area contributed by atoms with E-state index in [1.807, 2.05) is 52.8 Å². The van der Waals surface area contributed by atoms with E-state index in [0.29, 0.717) is 25.6 Å². The quantitative estimate of drug-likeness (QED) is 0.700. The molecular formula is C21H22N4O3. The fraction of sp³-hybridized carbons (Fsp3) is 0.333. The van der Waals surface area contributed by atoms with Gasteiger partial charge in [0.1, 0.15) is 5.82 Å². The summed E-state index contributed by atoms with van der Waals surface area (Å²) >= 11 is 0. The van der Waals surface area contributed by atoms with E-state index in [0.717, 1.165) is 42.5 Å².